The molecule has 0 unspecified atom stereocenters. The monoisotopic (exact) mass is 377 g/mol. The first-order chi connectivity index (χ1) is 13.6. The maximum atomic E-state index is 11.7. The molecule has 4 rings (SSSR count). The number of phenolic OH excluding ortho intramolecular Hbond substituents is 1. The Morgan fingerprint density at radius 3 is 2.54 bits per heavy atom. The number of phenols is 1. The number of hydrogen-bond donors (Lipinski definition) is 2. The number of aliphatic carboxylic acids is 1. The second kappa shape index (κ2) is 7.31. The van der Waals surface area contributed by atoms with Gasteiger partial charge in [0.25, 0.3) is 0 Å². The fraction of sp³-hybridized carbons (Fsp3) is 0.105. The molecule has 0 fully saturated rings. The number of furan rings is 1. The molecule has 9 nitrogen and oxygen atoms in total. The number of benzene rings is 1. The predicted octanol–water partition coefficient (Wildman–Crippen LogP) is 2.57. The lowest BCUT2D eigenvalue weighted by Gasteiger charge is -2.12. The molecule has 0 bridgehead atoms. The molecule has 0 spiro atoms. The molecule has 9 heteroatoms. The fourth-order valence-corrected chi connectivity index (χ4v) is 2.70. The lowest BCUT2D eigenvalue weighted by molar-refractivity contribution is -0.141. The highest BCUT2D eigenvalue weighted by atomic mass is 16.4. The van der Waals surface area contributed by atoms with Crippen molar-refractivity contribution in [3.63, 3.8) is 0 Å². The van der Waals surface area contributed by atoms with Crippen molar-refractivity contribution in [1.29, 1.82) is 0 Å². The van der Waals surface area contributed by atoms with Crippen LogP contribution in [0.2, 0.25) is 0 Å². The molecule has 3 heterocycles. The minimum Gasteiger partial charge on any atom is -0.508 e. The Hall–Kier alpha value is -4.01. The van der Waals surface area contributed by atoms with E-state index in [2.05, 4.69) is 20.3 Å². The standard InChI is InChI=1S/C19H15N5O4/c25-14-5-3-12(4-6-14)8-16(19(26)27)24-11-15(22-23-24)13-9-20-18(21-10-13)17-2-1-7-28-17/h1-7,9-11,16,25H,8H2,(H,26,27)/t16-/m0/s1. The third-order valence-corrected chi connectivity index (χ3v) is 4.17. The number of hydrogen-bond acceptors (Lipinski definition) is 7. The van der Waals surface area contributed by atoms with Gasteiger partial charge in [-0.05, 0) is 29.8 Å². The van der Waals surface area contributed by atoms with Crippen molar-refractivity contribution in [1.82, 2.24) is 25.0 Å². The van der Waals surface area contributed by atoms with E-state index in [0.717, 1.165) is 5.56 Å². The van der Waals surface area contributed by atoms with Gasteiger partial charge in [0.05, 0.1) is 12.5 Å². The zero-order valence-electron chi connectivity index (χ0n) is 14.5. The highest BCUT2D eigenvalue weighted by Gasteiger charge is 2.22. The van der Waals surface area contributed by atoms with Gasteiger partial charge in [0.15, 0.2) is 17.6 Å². The minimum absolute atomic E-state index is 0.122. The molecule has 2 N–H and O–H groups in total. The number of carboxylic acid groups (broad SMARTS) is 1. The van der Waals surface area contributed by atoms with Crippen LogP contribution in [-0.2, 0) is 11.2 Å². The molecule has 1 atom stereocenters. The van der Waals surface area contributed by atoms with Crippen LogP contribution in [0.3, 0.4) is 0 Å². The van der Waals surface area contributed by atoms with Gasteiger partial charge in [0.1, 0.15) is 11.4 Å². The molecule has 28 heavy (non-hydrogen) atoms. The number of carbonyl (C=O) groups is 1. The molecule has 1 aromatic carbocycles. The molecule has 3 aromatic heterocycles. The second-order valence-electron chi connectivity index (χ2n) is 6.08. The van der Waals surface area contributed by atoms with Gasteiger partial charge in [-0.15, -0.1) is 5.10 Å². The van der Waals surface area contributed by atoms with Crippen molar-refractivity contribution in [3.05, 3.63) is 66.8 Å². The van der Waals surface area contributed by atoms with E-state index in [9.17, 15) is 15.0 Å². The summed E-state index contributed by atoms with van der Waals surface area (Å²) in [5, 5.41) is 27.0. The van der Waals surface area contributed by atoms with Crippen molar-refractivity contribution in [2.75, 3.05) is 0 Å². The summed E-state index contributed by atoms with van der Waals surface area (Å²) in [4.78, 5) is 20.2. The van der Waals surface area contributed by atoms with Crippen LogP contribution in [0.5, 0.6) is 5.75 Å². The van der Waals surface area contributed by atoms with Gasteiger partial charge < -0.3 is 14.6 Å². The lowest BCUT2D eigenvalue weighted by Crippen LogP contribution is -2.22. The zero-order chi connectivity index (χ0) is 19.5. The Balaban J connectivity index is 1.56. The van der Waals surface area contributed by atoms with Crippen LogP contribution in [0.15, 0.2) is 65.7 Å². The topological polar surface area (TPSA) is 127 Å². The molecule has 0 aliphatic carbocycles. The van der Waals surface area contributed by atoms with Crippen molar-refractivity contribution in [2.24, 2.45) is 0 Å². The van der Waals surface area contributed by atoms with Crippen LogP contribution in [0.25, 0.3) is 22.8 Å². The smallest absolute Gasteiger partial charge is 0.328 e. The normalized spacial score (nSPS) is 12.0. The van der Waals surface area contributed by atoms with E-state index in [-0.39, 0.29) is 12.2 Å². The summed E-state index contributed by atoms with van der Waals surface area (Å²) in [5.74, 6) is 0.0810. The molecule has 0 aliphatic rings. The van der Waals surface area contributed by atoms with E-state index in [0.29, 0.717) is 22.8 Å². The summed E-state index contributed by atoms with van der Waals surface area (Å²) < 4.78 is 6.55. The first-order valence-electron chi connectivity index (χ1n) is 8.39. The first-order valence-corrected chi connectivity index (χ1v) is 8.39. The predicted molar refractivity (Wildman–Crippen MR) is 97.2 cm³/mol. The molecular formula is C19H15N5O4. The summed E-state index contributed by atoms with van der Waals surface area (Å²) in [6.45, 7) is 0. The Kier molecular flexibility index (Phi) is 4.55. The largest absolute Gasteiger partial charge is 0.508 e. The van der Waals surface area contributed by atoms with Gasteiger partial charge in [-0.2, -0.15) is 0 Å². The van der Waals surface area contributed by atoms with E-state index >= 15 is 0 Å². The minimum atomic E-state index is -1.03. The summed E-state index contributed by atoms with van der Waals surface area (Å²) in [5.41, 5.74) is 1.83. The van der Waals surface area contributed by atoms with Crippen molar-refractivity contribution >= 4 is 5.97 Å². The quantitative estimate of drug-likeness (QED) is 0.525. The fourth-order valence-electron chi connectivity index (χ4n) is 2.70. The number of aromatic hydroxyl groups is 1. The Morgan fingerprint density at radius 2 is 1.89 bits per heavy atom. The number of carboxylic acids is 1. The highest BCUT2D eigenvalue weighted by molar-refractivity contribution is 5.72. The second-order valence-corrected chi connectivity index (χ2v) is 6.08. The van der Waals surface area contributed by atoms with Gasteiger partial charge in [-0.3, -0.25) is 0 Å². The lowest BCUT2D eigenvalue weighted by atomic mass is 10.1. The molecule has 0 saturated heterocycles. The van der Waals surface area contributed by atoms with Gasteiger partial charge in [-0.25, -0.2) is 19.4 Å². The van der Waals surface area contributed by atoms with Crippen molar-refractivity contribution in [3.8, 4) is 28.6 Å². The molecule has 0 aliphatic heterocycles. The third kappa shape index (κ3) is 3.58. The van der Waals surface area contributed by atoms with Gasteiger partial charge >= 0.3 is 5.97 Å². The average molecular weight is 377 g/mol. The van der Waals surface area contributed by atoms with Crippen LogP contribution in [0.4, 0.5) is 0 Å². The summed E-state index contributed by atoms with van der Waals surface area (Å²) in [7, 11) is 0. The maximum absolute atomic E-state index is 11.7. The number of nitrogens with zero attached hydrogens (tertiary/aromatic N) is 5. The van der Waals surface area contributed by atoms with E-state index in [1.54, 1.807) is 49.1 Å². The van der Waals surface area contributed by atoms with E-state index in [4.69, 9.17) is 4.42 Å². The van der Waals surface area contributed by atoms with Gasteiger partial charge in [0.2, 0.25) is 0 Å². The van der Waals surface area contributed by atoms with Crippen molar-refractivity contribution < 1.29 is 19.4 Å². The number of rotatable bonds is 6. The van der Waals surface area contributed by atoms with Crippen LogP contribution in [-0.4, -0.2) is 41.1 Å². The molecule has 4 aromatic rings. The van der Waals surface area contributed by atoms with E-state index in [1.807, 2.05) is 0 Å². The zero-order valence-corrected chi connectivity index (χ0v) is 14.5. The summed E-state index contributed by atoms with van der Waals surface area (Å²) in [6.07, 6.45) is 6.44. The Morgan fingerprint density at radius 1 is 1.14 bits per heavy atom. The Bertz CT molecular complexity index is 1070. The average Bonchev–Trinajstić information content (AvgIpc) is 3.40. The van der Waals surface area contributed by atoms with Crippen LogP contribution in [0.1, 0.15) is 11.6 Å². The summed E-state index contributed by atoms with van der Waals surface area (Å²) >= 11 is 0. The summed E-state index contributed by atoms with van der Waals surface area (Å²) in [6, 6.07) is 8.94. The Labute approximate surface area is 158 Å². The first kappa shape index (κ1) is 17.4. The van der Waals surface area contributed by atoms with E-state index < -0.39 is 12.0 Å². The SMILES string of the molecule is O=C(O)[C@H](Cc1ccc(O)cc1)n1cc(-c2cnc(-c3ccco3)nc2)nn1. The molecule has 0 radical (unpaired) electrons. The van der Waals surface area contributed by atoms with Crippen LogP contribution in [0, 0.1) is 0 Å². The van der Waals surface area contributed by atoms with Crippen LogP contribution < -0.4 is 0 Å². The molecule has 140 valence electrons. The third-order valence-electron chi connectivity index (χ3n) is 4.17. The molecular weight excluding hydrogens is 362 g/mol. The van der Waals surface area contributed by atoms with Gasteiger partial charge in [0, 0.05) is 24.4 Å². The number of aromatic nitrogens is 5. The maximum Gasteiger partial charge on any atom is 0.328 e. The van der Waals surface area contributed by atoms with Crippen molar-refractivity contribution in [2.45, 2.75) is 12.5 Å². The van der Waals surface area contributed by atoms with Crippen LogP contribution >= 0.6 is 0 Å². The van der Waals surface area contributed by atoms with E-state index in [1.165, 1.54) is 16.8 Å². The molecule has 0 saturated carbocycles. The highest BCUT2D eigenvalue weighted by Crippen LogP contribution is 2.21. The van der Waals surface area contributed by atoms with Gasteiger partial charge in [-0.1, -0.05) is 17.3 Å². The molecule has 0 amide bonds.